The highest BCUT2D eigenvalue weighted by Gasteiger charge is 2.00. The Morgan fingerprint density at radius 3 is 3.06 bits per heavy atom. The molecule has 3 N–H and O–H groups in total. The van der Waals surface area contributed by atoms with Gasteiger partial charge in [0.2, 0.25) is 0 Å². The third-order valence-electron chi connectivity index (χ3n) is 2.46. The molecule has 0 unspecified atom stereocenters. The Morgan fingerprint density at radius 2 is 2.35 bits per heavy atom. The zero-order chi connectivity index (χ0) is 12.5. The lowest BCUT2D eigenvalue weighted by Crippen LogP contribution is -2.34. The fourth-order valence-electron chi connectivity index (χ4n) is 1.46. The summed E-state index contributed by atoms with van der Waals surface area (Å²) in [4.78, 5) is 4.22. The minimum absolute atomic E-state index is 0.518. The number of aliphatic imine (C=N–C) groups is 1. The summed E-state index contributed by atoms with van der Waals surface area (Å²) in [5.41, 5.74) is 5.72. The number of guanidine groups is 1. The molecule has 6 heteroatoms. The Morgan fingerprint density at radius 1 is 1.53 bits per heavy atom. The van der Waals surface area contributed by atoms with E-state index < -0.39 is 0 Å². The zero-order valence-electron chi connectivity index (χ0n) is 10.7. The molecule has 0 aromatic carbocycles. The second-order valence-electron chi connectivity index (χ2n) is 3.84. The first-order valence-corrected chi connectivity index (χ1v) is 6.18. The molecule has 0 radical (unpaired) electrons. The summed E-state index contributed by atoms with van der Waals surface area (Å²) in [6.07, 6.45) is 4.84. The van der Waals surface area contributed by atoms with Gasteiger partial charge >= 0.3 is 0 Å². The molecule has 1 heterocycles. The van der Waals surface area contributed by atoms with Gasteiger partial charge < -0.3 is 15.6 Å². The van der Waals surface area contributed by atoms with Gasteiger partial charge in [-0.05, 0) is 6.42 Å². The third-order valence-corrected chi connectivity index (χ3v) is 2.46. The van der Waals surface area contributed by atoms with E-state index in [0.717, 1.165) is 44.7 Å². The van der Waals surface area contributed by atoms with E-state index in [4.69, 9.17) is 5.73 Å². The van der Waals surface area contributed by atoms with Crippen LogP contribution in [0.2, 0.25) is 0 Å². The molecule has 1 aromatic heterocycles. The Kier molecular flexibility index (Phi) is 6.06. The predicted octanol–water partition coefficient (Wildman–Crippen LogP) is 0.545. The molecule has 0 amide bonds. The first-order chi connectivity index (χ1) is 8.27. The second-order valence-corrected chi connectivity index (χ2v) is 3.84. The number of hydrogen-bond donors (Lipinski definition) is 2. The molecule has 0 aliphatic carbocycles. The topological polar surface area (TPSA) is 81.1 Å². The number of rotatable bonds is 7. The van der Waals surface area contributed by atoms with Crippen molar-refractivity contribution in [3.8, 4) is 0 Å². The van der Waals surface area contributed by atoms with Gasteiger partial charge in [-0.3, -0.25) is 4.99 Å². The van der Waals surface area contributed by atoms with Gasteiger partial charge in [-0.25, -0.2) is 0 Å². The second kappa shape index (κ2) is 7.65. The third kappa shape index (κ3) is 4.84. The van der Waals surface area contributed by atoms with E-state index in [1.165, 1.54) is 0 Å². The number of hydrogen-bond acceptors (Lipinski definition) is 3. The number of unbranched alkanes of at least 4 members (excludes halogenated alkanes) is 1. The number of aromatic nitrogens is 3. The largest absolute Gasteiger partial charge is 0.370 e. The lowest BCUT2D eigenvalue weighted by atomic mass is 10.3. The van der Waals surface area contributed by atoms with Crippen LogP contribution in [0.1, 0.15) is 32.5 Å². The predicted molar refractivity (Wildman–Crippen MR) is 68.8 cm³/mol. The lowest BCUT2D eigenvalue weighted by molar-refractivity contribution is 0.637. The van der Waals surface area contributed by atoms with E-state index in [9.17, 15) is 0 Å². The van der Waals surface area contributed by atoms with Gasteiger partial charge in [-0.15, -0.1) is 10.2 Å². The van der Waals surface area contributed by atoms with Crippen LogP contribution >= 0.6 is 0 Å². The highest BCUT2D eigenvalue weighted by molar-refractivity contribution is 5.77. The minimum Gasteiger partial charge on any atom is -0.370 e. The van der Waals surface area contributed by atoms with Gasteiger partial charge in [-0.1, -0.05) is 20.3 Å². The molecule has 0 spiro atoms. The van der Waals surface area contributed by atoms with Crippen molar-refractivity contribution >= 4 is 5.96 Å². The molecule has 0 bridgehead atoms. The van der Waals surface area contributed by atoms with Crippen LogP contribution in [0.4, 0.5) is 0 Å². The van der Waals surface area contributed by atoms with Crippen LogP contribution in [0.3, 0.4) is 0 Å². The Hall–Kier alpha value is -1.59. The van der Waals surface area contributed by atoms with Crippen molar-refractivity contribution in [2.75, 3.05) is 13.1 Å². The zero-order valence-corrected chi connectivity index (χ0v) is 10.7. The molecular weight excluding hydrogens is 216 g/mol. The van der Waals surface area contributed by atoms with E-state index in [1.807, 2.05) is 4.57 Å². The normalized spacial score (nSPS) is 11.8. The summed E-state index contributed by atoms with van der Waals surface area (Å²) in [6.45, 7) is 6.54. The molecule has 96 valence electrons. The number of nitrogens with zero attached hydrogens (tertiary/aromatic N) is 4. The molecule has 0 aliphatic heterocycles. The van der Waals surface area contributed by atoms with Gasteiger partial charge in [-0.2, -0.15) is 0 Å². The Balaban J connectivity index is 2.25. The number of nitrogens with one attached hydrogen (secondary N) is 1. The summed E-state index contributed by atoms with van der Waals surface area (Å²) in [7, 11) is 0. The Labute approximate surface area is 102 Å². The maximum atomic E-state index is 5.72. The molecule has 0 atom stereocenters. The molecule has 17 heavy (non-hydrogen) atoms. The molecule has 0 saturated carbocycles. The summed E-state index contributed by atoms with van der Waals surface area (Å²) >= 11 is 0. The van der Waals surface area contributed by atoms with Crippen molar-refractivity contribution in [3.05, 3.63) is 12.2 Å². The SMILES string of the molecule is CCCCN=C(N)NCCn1cnnc1CC. The van der Waals surface area contributed by atoms with Crippen LogP contribution in [-0.2, 0) is 13.0 Å². The first-order valence-electron chi connectivity index (χ1n) is 6.18. The van der Waals surface area contributed by atoms with Crippen LogP contribution < -0.4 is 11.1 Å². The van der Waals surface area contributed by atoms with E-state index in [-0.39, 0.29) is 0 Å². The maximum absolute atomic E-state index is 5.72. The number of aryl methyl sites for hydroxylation is 1. The first kappa shape index (κ1) is 13.5. The van der Waals surface area contributed by atoms with Crippen LogP contribution in [0, 0.1) is 0 Å². The van der Waals surface area contributed by atoms with E-state index in [2.05, 4.69) is 34.4 Å². The fraction of sp³-hybridized carbons (Fsp3) is 0.727. The van der Waals surface area contributed by atoms with Gasteiger partial charge in [0.05, 0.1) is 0 Å². The van der Waals surface area contributed by atoms with Crippen molar-refractivity contribution in [3.63, 3.8) is 0 Å². The summed E-state index contributed by atoms with van der Waals surface area (Å²) in [5.74, 6) is 1.51. The van der Waals surface area contributed by atoms with Crippen molar-refractivity contribution in [2.24, 2.45) is 10.7 Å². The van der Waals surface area contributed by atoms with E-state index in [1.54, 1.807) is 6.33 Å². The quantitative estimate of drug-likeness (QED) is 0.413. The summed E-state index contributed by atoms with van der Waals surface area (Å²) in [6, 6.07) is 0. The van der Waals surface area contributed by atoms with Crippen LogP contribution in [0.25, 0.3) is 0 Å². The van der Waals surface area contributed by atoms with Crippen molar-refractivity contribution in [1.29, 1.82) is 0 Å². The summed E-state index contributed by atoms with van der Waals surface area (Å²) < 4.78 is 2.02. The molecule has 6 nitrogen and oxygen atoms in total. The molecule has 1 aromatic rings. The molecule has 0 fully saturated rings. The van der Waals surface area contributed by atoms with Crippen molar-refractivity contribution < 1.29 is 0 Å². The molecule has 0 aliphatic rings. The Bertz CT molecular complexity index is 343. The summed E-state index contributed by atoms with van der Waals surface area (Å²) in [5, 5.41) is 11.0. The van der Waals surface area contributed by atoms with Crippen LogP contribution in [0.15, 0.2) is 11.3 Å². The highest BCUT2D eigenvalue weighted by atomic mass is 15.3. The van der Waals surface area contributed by atoms with Crippen LogP contribution in [0.5, 0.6) is 0 Å². The average molecular weight is 238 g/mol. The highest BCUT2D eigenvalue weighted by Crippen LogP contribution is 1.94. The standard InChI is InChI=1S/C11H22N6/c1-3-5-6-13-11(12)14-7-8-17-9-15-16-10(17)4-2/h9H,3-8H2,1-2H3,(H3,12,13,14). The molecule has 1 rings (SSSR count). The minimum atomic E-state index is 0.518. The molecule has 0 saturated heterocycles. The van der Waals surface area contributed by atoms with Gasteiger partial charge in [0.1, 0.15) is 12.2 Å². The van der Waals surface area contributed by atoms with Crippen molar-refractivity contribution in [1.82, 2.24) is 20.1 Å². The monoisotopic (exact) mass is 238 g/mol. The van der Waals surface area contributed by atoms with E-state index >= 15 is 0 Å². The molecular formula is C11H22N6. The van der Waals surface area contributed by atoms with Gasteiger partial charge in [0, 0.05) is 26.1 Å². The van der Waals surface area contributed by atoms with Crippen molar-refractivity contribution in [2.45, 2.75) is 39.7 Å². The fourth-order valence-corrected chi connectivity index (χ4v) is 1.46. The maximum Gasteiger partial charge on any atom is 0.188 e. The van der Waals surface area contributed by atoms with Crippen LogP contribution in [-0.4, -0.2) is 33.8 Å². The average Bonchev–Trinajstić information content (AvgIpc) is 2.77. The van der Waals surface area contributed by atoms with E-state index in [0.29, 0.717) is 5.96 Å². The van der Waals surface area contributed by atoms with Gasteiger partial charge in [0.25, 0.3) is 0 Å². The smallest absolute Gasteiger partial charge is 0.188 e. The van der Waals surface area contributed by atoms with Gasteiger partial charge in [0.15, 0.2) is 5.96 Å². The lowest BCUT2D eigenvalue weighted by Gasteiger charge is -2.07. The number of nitrogens with two attached hydrogens (primary N) is 1.